The largest absolute Gasteiger partial charge is 0.494 e. The minimum absolute atomic E-state index is 0.0119. The first-order valence-electron chi connectivity index (χ1n) is 6.93. The second-order valence-corrected chi connectivity index (χ2v) is 5.40. The lowest BCUT2D eigenvalue weighted by atomic mass is 10.1. The van der Waals surface area contributed by atoms with Crippen LogP contribution in [0.4, 0.5) is 13.2 Å². The highest BCUT2D eigenvalue weighted by Crippen LogP contribution is 2.22. The summed E-state index contributed by atoms with van der Waals surface area (Å²) in [5.41, 5.74) is 1.05. The molecule has 0 aliphatic carbocycles. The first-order chi connectivity index (χ1) is 10.8. The molecule has 0 bridgehead atoms. The summed E-state index contributed by atoms with van der Waals surface area (Å²) < 4.78 is 41.7. The molecule has 124 valence electrons. The predicted molar refractivity (Wildman–Crippen MR) is 82.3 cm³/mol. The Hall–Kier alpha value is -2.09. The topological polar surface area (TPSA) is 57.9 Å². The van der Waals surface area contributed by atoms with Crippen molar-refractivity contribution < 1.29 is 17.9 Å². The average molecular weight is 344 g/mol. The molecule has 0 fully saturated rings. The van der Waals surface area contributed by atoms with Gasteiger partial charge in [-0.15, -0.1) is 0 Å². The zero-order chi connectivity index (χ0) is 16.9. The zero-order valence-electron chi connectivity index (χ0n) is 12.1. The van der Waals surface area contributed by atoms with E-state index in [0.717, 1.165) is 5.56 Å². The summed E-state index contributed by atoms with van der Waals surface area (Å²) in [7, 11) is 0. The smallest absolute Gasteiger partial charge is 0.389 e. The standard InChI is InChI=1S/C15H15F3N2O2S/c16-15(17,18)5-2-6-22-12-4-1-3-10(8-12)7-11-9-19-14(23)20-13(11)21/h1,3-4,8-9H,2,5-7H2,(H2,19,20,21,23). The first-order valence-corrected chi connectivity index (χ1v) is 7.34. The fraction of sp³-hybridized carbons (Fsp3) is 0.333. The van der Waals surface area contributed by atoms with Crippen LogP contribution in [0.3, 0.4) is 0 Å². The van der Waals surface area contributed by atoms with Crippen molar-refractivity contribution in [3.05, 3.63) is 56.7 Å². The van der Waals surface area contributed by atoms with Crippen molar-refractivity contribution in [2.45, 2.75) is 25.4 Å². The number of rotatable bonds is 6. The molecule has 0 atom stereocenters. The Bertz CT molecular complexity index is 768. The summed E-state index contributed by atoms with van der Waals surface area (Å²) in [5.74, 6) is 0.477. The molecule has 2 aromatic rings. The Morgan fingerprint density at radius 1 is 1.26 bits per heavy atom. The Balaban J connectivity index is 1.97. The molecule has 23 heavy (non-hydrogen) atoms. The van der Waals surface area contributed by atoms with Crippen molar-refractivity contribution in [3.8, 4) is 5.75 Å². The van der Waals surface area contributed by atoms with E-state index in [1.807, 2.05) is 6.07 Å². The molecular weight excluding hydrogens is 329 g/mol. The Morgan fingerprint density at radius 3 is 2.74 bits per heavy atom. The Kier molecular flexibility index (Phi) is 5.59. The molecule has 8 heteroatoms. The number of halogens is 3. The first kappa shape index (κ1) is 17.3. The summed E-state index contributed by atoms with van der Waals surface area (Å²) in [6, 6.07) is 6.91. The van der Waals surface area contributed by atoms with E-state index in [1.165, 1.54) is 6.20 Å². The van der Waals surface area contributed by atoms with Gasteiger partial charge in [-0.05, 0) is 36.3 Å². The molecule has 0 aliphatic heterocycles. The molecule has 2 rings (SSSR count). The van der Waals surface area contributed by atoms with Gasteiger partial charge in [-0.25, -0.2) is 0 Å². The highest BCUT2D eigenvalue weighted by atomic mass is 32.1. The van der Waals surface area contributed by atoms with Crippen LogP contribution in [0, 0.1) is 4.77 Å². The van der Waals surface area contributed by atoms with Crippen molar-refractivity contribution in [2.24, 2.45) is 0 Å². The van der Waals surface area contributed by atoms with Crippen molar-refractivity contribution in [1.29, 1.82) is 0 Å². The molecular formula is C15H15F3N2O2S. The summed E-state index contributed by atoms with van der Waals surface area (Å²) in [5, 5.41) is 0. The quantitative estimate of drug-likeness (QED) is 0.620. The van der Waals surface area contributed by atoms with Gasteiger partial charge in [0, 0.05) is 24.6 Å². The van der Waals surface area contributed by atoms with Gasteiger partial charge in [0.1, 0.15) is 5.75 Å². The van der Waals surface area contributed by atoms with Crippen molar-refractivity contribution in [1.82, 2.24) is 9.97 Å². The van der Waals surface area contributed by atoms with Gasteiger partial charge in [0.2, 0.25) is 0 Å². The van der Waals surface area contributed by atoms with Crippen LogP contribution in [0.15, 0.2) is 35.3 Å². The monoisotopic (exact) mass is 344 g/mol. The van der Waals surface area contributed by atoms with E-state index in [2.05, 4.69) is 9.97 Å². The van der Waals surface area contributed by atoms with Crippen LogP contribution in [-0.2, 0) is 6.42 Å². The third-order valence-electron chi connectivity index (χ3n) is 3.06. The highest BCUT2D eigenvalue weighted by Gasteiger charge is 2.26. The number of H-pyrrole nitrogens is 2. The lowest BCUT2D eigenvalue weighted by molar-refractivity contribution is -0.136. The van der Waals surface area contributed by atoms with Crippen molar-refractivity contribution >= 4 is 12.2 Å². The van der Waals surface area contributed by atoms with Gasteiger partial charge >= 0.3 is 6.18 Å². The second kappa shape index (κ2) is 7.45. The highest BCUT2D eigenvalue weighted by molar-refractivity contribution is 7.71. The molecule has 1 aromatic carbocycles. The molecule has 0 unspecified atom stereocenters. The van der Waals surface area contributed by atoms with Crippen LogP contribution in [0.25, 0.3) is 0 Å². The molecule has 2 N–H and O–H groups in total. The fourth-order valence-electron chi connectivity index (χ4n) is 2.00. The minimum atomic E-state index is -4.17. The van der Waals surface area contributed by atoms with Gasteiger partial charge in [0.05, 0.1) is 6.61 Å². The van der Waals surface area contributed by atoms with Crippen LogP contribution >= 0.6 is 12.2 Å². The van der Waals surface area contributed by atoms with Gasteiger partial charge in [0.15, 0.2) is 4.77 Å². The second-order valence-electron chi connectivity index (χ2n) is 4.99. The van der Waals surface area contributed by atoms with E-state index in [-0.39, 0.29) is 23.4 Å². The van der Waals surface area contributed by atoms with E-state index in [9.17, 15) is 18.0 Å². The van der Waals surface area contributed by atoms with Gasteiger partial charge in [-0.2, -0.15) is 13.2 Å². The molecule has 0 saturated carbocycles. The Morgan fingerprint density at radius 2 is 2.04 bits per heavy atom. The van der Waals surface area contributed by atoms with E-state index in [1.54, 1.807) is 18.2 Å². The number of aromatic nitrogens is 2. The van der Waals surface area contributed by atoms with Crippen molar-refractivity contribution in [3.63, 3.8) is 0 Å². The molecule has 0 saturated heterocycles. The number of hydrogen-bond donors (Lipinski definition) is 2. The normalized spacial score (nSPS) is 11.4. The number of benzene rings is 1. The van der Waals surface area contributed by atoms with Gasteiger partial charge in [0.25, 0.3) is 5.56 Å². The third-order valence-corrected chi connectivity index (χ3v) is 3.28. The minimum Gasteiger partial charge on any atom is -0.494 e. The maximum atomic E-state index is 12.1. The number of alkyl halides is 3. The Labute approximate surface area is 135 Å². The van der Waals surface area contributed by atoms with Crippen molar-refractivity contribution in [2.75, 3.05) is 6.61 Å². The molecule has 4 nitrogen and oxygen atoms in total. The summed E-state index contributed by atoms with van der Waals surface area (Å²) >= 11 is 4.82. The lowest BCUT2D eigenvalue weighted by Gasteiger charge is -2.09. The van der Waals surface area contributed by atoms with Gasteiger partial charge < -0.3 is 9.72 Å². The number of hydrogen-bond acceptors (Lipinski definition) is 3. The molecule has 0 spiro atoms. The maximum Gasteiger partial charge on any atom is 0.389 e. The van der Waals surface area contributed by atoms with Crippen LogP contribution in [0.1, 0.15) is 24.0 Å². The molecule has 1 aromatic heterocycles. The summed E-state index contributed by atoms with van der Waals surface area (Å²) in [6.07, 6.45) is -3.23. The van der Waals surface area contributed by atoms with Gasteiger partial charge in [-0.3, -0.25) is 9.78 Å². The third kappa shape index (κ3) is 5.90. The van der Waals surface area contributed by atoms with Crippen LogP contribution in [-0.4, -0.2) is 22.8 Å². The SMILES string of the molecule is O=c1[nH]c(=S)[nH]cc1Cc1cccc(OCCCC(F)(F)F)c1. The molecule has 1 heterocycles. The summed E-state index contributed by atoms with van der Waals surface area (Å²) in [6.45, 7) is -0.0119. The lowest BCUT2D eigenvalue weighted by Crippen LogP contribution is -2.13. The van der Waals surface area contributed by atoms with Gasteiger partial charge in [-0.1, -0.05) is 12.1 Å². The number of ether oxygens (including phenoxy) is 1. The number of nitrogens with one attached hydrogen (secondary N) is 2. The van der Waals surface area contributed by atoms with Crippen LogP contribution in [0.2, 0.25) is 0 Å². The number of aromatic amines is 2. The molecule has 0 amide bonds. The predicted octanol–water partition coefficient (Wildman–Crippen LogP) is 3.74. The van der Waals surface area contributed by atoms with Crippen LogP contribution in [0.5, 0.6) is 5.75 Å². The van der Waals surface area contributed by atoms with E-state index >= 15 is 0 Å². The van der Waals surface area contributed by atoms with E-state index in [0.29, 0.717) is 17.7 Å². The maximum absolute atomic E-state index is 12.1. The summed E-state index contributed by atoms with van der Waals surface area (Å²) in [4.78, 5) is 17.0. The zero-order valence-corrected chi connectivity index (χ0v) is 12.9. The average Bonchev–Trinajstić information content (AvgIpc) is 2.46. The van der Waals surface area contributed by atoms with Crippen LogP contribution < -0.4 is 10.3 Å². The van der Waals surface area contributed by atoms with E-state index in [4.69, 9.17) is 17.0 Å². The fourth-order valence-corrected chi connectivity index (χ4v) is 2.15. The molecule has 0 radical (unpaired) electrons. The van der Waals surface area contributed by atoms with E-state index < -0.39 is 12.6 Å². The molecule has 0 aliphatic rings.